The number of benzene rings is 1. The molecule has 7 heteroatoms. The SMILES string of the molecule is CC(C)Oc1ccc(C(=O)O[C@@H](C)C(=O)Nc2ccc(Cl)cn2)cc1. The van der Waals surface area contributed by atoms with Gasteiger partial charge in [-0.15, -0.1) is 0 Å². The fourth-order valence-electron chi connectivity index (χ4n) is 1.90. The van der Waals surface area contributed by atoms with Crippen LogP contribution in [-0.4, -0.2) is 29.1 Å². The fourth-order valence-corrected chi connectivity index (χ4v) is 2.01. The van der Waals surface area contributed by atoms with Gasteiger partial charge in [0, 0.05) is 6.20 Å². The van der Waals surface area contributed by atoms with Crippen LogP contribution in [0.5, 0.6) is 5.75 Å². The van der Waals surface area contributed by atoms with Crippen molar-refractivity contribution in [2.24, 2.45) is 0 Å². The number of esters is 1. The van der Waals surface area contributed by atoms with Crippen LogP contribution in [0, 0.1) is 0 Å². The van der Waals surface area contributed by atoms with Crippen molar-refractivity contribution in [2.45, 2.75) is 33.0 Å². The summed E-state index contributed by atoms with van der Waals surface area (Å²) >= 11 is 5.73. The number of halogens is 1. The van der Waals surface area contributed by atoms with Crippen molar-refractivity contribution < 1.29 is 19.1 Å². The summed E-state index contributed by atoms with van der Waals surface area (Å²) in [5.41, 5.74) is 0.334. The summed E-state index contributed by atoms with van der Waals surface area (Å²) in [5.74, 6) is -0.0932. The van der Waals surface area contributed by atoms with E-state index in [1.807, 2.05) is 13.8 Å². The van der Waals surface area contributed by atoms with Crippen molar-refractivity contribution in [3.8, 4) is 5.75 Å². The van der Waals surface area contributed by atoms with Gasteiger partial charge in [0.15, 0.2) is 6.10 Å². The first-order chi connectivity index (χ1) is 11.8. The van der Waals surface area contributed by atoms with Gasteiger partial charge < -0.3 is 14.8 Å². The second-order valence-electron chi connectivity index (χ2n) is 5.59. The number of pyridine rings is 1. The molecule has 0 spiro atoms. The van der Waals surface area contributed by atoms with Crippen molar-refractivity contribution in [1.82, 2.24) is 4.98 Å². The number of ether oxygens (including phenoxy) is 2. The molecule has 1 N–H and O–H groups in total. The predicted octanol–water partition coefficient (Wildman–Crippen LogP) is 3.71. The van der Waals surface area contributed by atoms with Gasteiger partial charge in [0.1, 0.15) is 11.6 Å². The van der Waals surface area contributed by atoms with Gasteiger partial charge in [0.2, 0.25) is 0 Å². The topological polar surface area (TPSA) is 77.5 Å². The van der Waals surface area contributed by atoms with Crippen molar-refractivity contribution in [2.75, 3.05) is 5.32 Å². The average molecular weight is 363 g/mol. The molecule has 0 bridgehead atoms. The molecule has 0 radical (unpaired) electrons. The molecule has 1 heterocycles. The molecule has 132 valence electrons. The Labute approximate surface area is 151 Å². The average Bonchev–Trinajstić information content (AvgIpc) is 2.57. The van der Waals surface area contributed by atoms with Gasteiger partial charge in [-0.2, -0.15) is 0 Å². The number of nitrogens with one attached hydrogen (secondary N) is 1. The molecular weight excluding hydrogens is 344 g/mol. The van der Waals surface area contributed by atoms with Gasteiger partial charge in [-0.1, -0.05) is 11.6 Å². The van der Waals surface area contributed by atoms with E-state index in [-0.39, 0.29) is 6.10 Å². The summed E-state index contributed by atoms with van der Waals surface area (Å²) in [4.78, 5) is 28.1. The summed E-state index contributed by atoms with van der Waals surface area (Å²) in [5, 5.41) is 3.01. The number of hydrogen-bond acceptors (Lipinski definition) is 5. The van der Waals surface area contributed by atoms with Crippen LogP contribution in [0.2, 0.25) is 5.02 Å². The Kier molecular flexibility index (Phi) is 6.36. The Hall–Kier alpha value is -2.60. The molecule has 6 nitrogen and oxygen atoms in total. The molecular formula is C18H19ClN2O4. The highest BCUT2D eigenvalue weighted by Gasteiger charge is 2.19. The van der Waals surface area contributed by atoms with Crippen LogP contribution >= 0.6 is 11.6 Å². The van der Waals surface area contributed by atoms with Crippen molar-refractivity contribution in [3.05, 3.63) is 53.2 Å². The molecule has 0 aliphatic rings. The summed E-state index contributed by atoms with van der Waals surface area (Å²) in [7, 11) is 0. The maximum Gasteiger partial charge on any atom is 0.338 e. The van der Waals surface area contributed by atoms with E-state index in [0.717, 1.165) is 0 Å². The monoisotopic (exact) mass is 362 g/mol. The lowest BCUT2D eigenvalue weighted by molar-refractivity contribution is -0.123. The second kappa shape index (κ2) is 8.48. The number of carbonyl (C=O) groups excluding carboxylic acids is 2. The molecule has 0 unspecified atom stereocenters. The van der Waals surface area contributed by atoms with E-state index in [1.54, 1.807) is 36.4 Å². The Balaban J connectivity index is 1.92. The molecule has 25 heavy (non-hydrogen) atoms. The number of nitrogens with zero attached hydrogens (tertiary/aromatic N) is 1. The predicted molar refractivity (Wildman–Crippen MR) is 95.0 cm³/mol. The first-order valence-corrected chi connectivity index (χ1v) is 8.13. The lowest BCUT2D eigenvalue weighted by Crippen LogP contribution is -2.30. The number of anilines is 1. The van der Waals surface area contributed by atoms with E-state index in [9.17, 15) is 9.59 Å². The summed E-state index contributed by atoms with van der Waals surface area (Å²) in [6.07, 6.45) is 0.480. The third-order valence-corrected chi connectivity index (χ3v) is 3.32. The van der Waals surface area contributed by atoms with Crippen molar-refractivity contribution >= 4 is 29.3 Å². The number of amides is 1. The minimum absolute atomic E-state index is 0.0444. The molecule has 1 atom stereocenters. The quantitative estimate of drug-likeness (QED) is 0.792. The van der Waals surface area contributed by atoms with Gasteiger partial charge in [0.25, 0.3) is 5.91 Å². The second-order valence-corrected chi connectivity index (χ2v) is 6.03. The number of rotatable bonds is 6. The third-order valence-electron chi connectivity index (χ3n) is 3.09. The zero-order valence-corrected chi connectivity index (χ0v) is 14.9. The maximum absolute atomic E-state index is 12.1. The van der Waals surface area contributed by atoms with Crippen molar-refractivity contribution in [3.63, 3.8) is 0 Å². The lowest BCUT2D eigenvalue weighted by atomic mass is 10.2. The van der Waals surface area contributed by atoms with Gasteiger partial charge in [0.05, 0.1) is 16.7 Å². The smallest absolute Gasteiger partial charge is 0.338 e. The minimum atomic E-state index is -0.975. The zero-order chi connectivity index (χ0) is 18.4. The molecule has 1 amide bonds. The van der Waals surface area contributed by atoms with Crippen LogP contribution in [0.1, 0.15) is 31.1 Å². The van der Waals surface area contributed by atoms with E-state index in [0.29, 0.717) is 22.2 Å². The van der Waals surface area contributed by atoms with Crippen LogP contribution in [0.25, 0.3) is 0 Å². The normalized spacial score (nSPS) is 11.7. The van der Waals surface area contributed by atoms with Crippen molar-refractivity contribution in [1.29, 1.82) is 0 Å². The number of hydrogen-bond donors (Lipinski definition) is 1. The van der Waals surface area contributed by atoms with Crippen LogP contribution in [0.4, 0.5) is 5.82 Å². The van der Waals surface area contributed by atoms with Crippen LogP contribution in [0.3, 0.4) is 0 Å². The molecule has 0 saturated carbocycles. The van der Waals surface area contributed by atoms with Gasteiger partial charge >= 0.3 is 5.97 Å². The minimum Gasteiger partial charge on any atom is -0.491 e. The molecule has 0 saturated heterocycles. The van der Waals surface area contributed by atoms with E-state index in [1.165, 1.54) is 13.1 Å². The zero-order valence-electron chi connectivity index (χ0n) is 14.2. The van der Waals surface area contributed by atoms with E-state index in [4.69, 9.17) is 21.1 Å². The fraction of sp³-hybridized carbons (Fsp3) is 0.278. The van der Waals surface area contributed by atoms with E-state index in [2.05, 4.69) is 10.3 Å². The Morgan fingerprint density at radius 2 is 1.76 bits per heavy atom. The number of carbonyl (C=O) groups is 2. The van der Waals surface area contributed by atoms with E-state index >= 15 is 0 Å². The standard InChI is InChI=1S/C18H19ClN2O4/c1-11(2)24-15-7-4-13(5-8-15)18(23)25-12(3)17(22)21-16-9-6-14(19)10-20-16/h4-12H,1-3H3,(H,20,21,22)/t12-/m0/s1. The molecule has 0 aliphatic carbocycles. The third kappa shape index (κ3) is 5.76. The molecule has 1 aromatic heterocycles. The van der Waals surface area contributed by atoms with Gasteiger partial charge in [-0.3, -0.25) is 4.79 Å². The summed E-state index contributed by atoms with van der Waals surface area (Å²) in [6, 6.07) is 9.69. The molecule has 2 rings (SSSR count). The Morgan fingerprint density at radius 1 is 1.08 bits per heavy atom. The molecule has 2 aromatic rings. The number of aromatic nitrogens is 1. The maximum atomic E-state index is 12.1. The van der Waals surface area contributed by atoms with Crippen LogP contribution in [-0.2, 0) is 9.53 Å². The van der Waals surface area contributed by atoms with Gasteiger partial charge in [-0.05, 0) is 57.2 Å². The molecule has 0 aliphatic heterocycles. The highest BCUT2D eigenvalue weighted by atomic mass is 35.5. The van der Waals surface area contributed by atoms with Gasteiger partial charge in [-0.25, -0.2) is 9.78 Å². The Bertz CT molecular complexity index is 730. The molecule has 0 fully saturated rings. The highest BCUT2D eigenvalue weighted by Crippen LogP contribution is 2.15. The van der Waals surface area contributed by atoms with E-state index < -0.39 is 18.0 Å². The summed E-state index contributed by atoms with van der Waals surface area (Å²) in [6.45, 7) is 5.31. The van der Waals surface area contributed by atoms with Crippen LogP contribution < -0.4 is 10.1 Å². The highest BCUT2D eigenvalue weighted by molar-refractivity contribution is 6.30. The first-order valence-electron chi connectivity index (χ1n) is 7.75. The first kappa shape index (κ1) is 18.7. The summed E-state index contributed by atoms with van der Waals surface area (Å²) < 4.78 is 10.7. The Morgan fingerprint density at radius 3 is 2.32 bits per heavy atom. The lowest BCUT2D eigenvalue weighted by Gasteiger charge is -2.14. The van der Waals surface area contributed by atoms with Crippen LogP contribution in [0.15, 0.2) is 42.6 Å². The molecule has 1 aromatic carbocycles. The largest absolute Gasteiger partial charge is 0.491 e.